The molecular formula is C13H22Cl2N2O2. The van der Waals surface area contributed by atoms with Gasteiger partial charge in [-0.15, -0.1) is 24.8 Å². The minimum Gasteiger partial charge on any atom is -0.496 e. The summed E-state index contributed by atoms with van der Waals surface area (Å²) in [6.07, 6.45) is 0. The molecule has 2 rings (SSSR count). The first-order chi connectivity index (χ1) is 8.33. The van der Waals surface area contributed by atoms with Crippen molar-refractivity contribution in [3.8, 4) is 5.75 Å². The van der Waals surface area contributed by atoms with E-state index in [2.05, 4.69) is 11.0 Å². The Morgan fingerprint density at radius 3 is 2.53 bits per heavy atom. The van der Waals surface area contributed by atoms with Crippen molar-refractivity contribution in [1.29, 1.82) is 0 Å². The molecule has 1 heterocycles. The molecule has 0 aliphatic carbocycles. The molecule has 0 aromatic heterocycles. The highest BCUT2D eigenvalue weighted by Gasteiger charge is 2.13. The van der Waals surface area contributed by atoms with Crippen molar-refractivity contribution in [2.45, 2.75) is 13.1 Å². The molecule has 1 aliphatic heterocycles. The second kappa shape index (κ2) is 9.39. The van der Waals surface area contributed by atoms with Gasteiger partial charge in [0, 0.05) is 31.7 Å². The molecule has 0 bridgehead atoms. The zero-order valence-corrected chi connectivity index (χ0v) is 12.8. The Hall–Kier alpha value is -0.520. The summed E-state index contributed by atoms with van der Waals surface area (Å²) in [5.41, 5.74) is 8.02. The average molecular weight is 309 g/mol. The second-order valence-corrected chi connectivity index (χ2v) is 4.24. The molecule has 0 atom stereocenters. The fraction of sp³-hybridized carbons (Fsp3) is 0.538. The fourth-order valence-corrected chi connectivity index (χ4v) is 2.08. The van der Waals surface area contributed by atoms with Crippen LogP contribution in [0.25, 0.3) is 0 Å². The summed E-state index contributed by atoms with van der Waals surface area (Å²) >= 11 is 0. The van der Waals surface area contributed by atoms with E-state index < -0.39 is 0 Å². The Kier molecular flexibility index (Phi) is 9.14. The van der Waals surface area contributed by atoms with Gasteiger partial charge in [-0.25, -0.2) is 0 Å². The Morgan fingerprint density at radius 1 is 1.26 bits per heavy atom. The molecule has 0 unspecified atom stereocenters. The molecular weight excluding hydrogens is 287 g/mol. The van der Waals surface area contributed by atoms with Crippen LogP contribution in [0.15, 0.2) is 18.2 Å². The van der Waals surface area contributed by atoms with Crippen LogP contribution in [0.5, 0.6) is 5.75 Å². The molecule has 1 fully saturated rings. The molecule has 2 N–H and O–H groups in total. The molecule has 4 nitrogen and oxygen atoms in total. The van der Waals surface area contributed by atoms with Crippen LogP contribution in [0.4, 0.5) is 0 Å². The lowest BCUT2D eigenvalue weighted by Gasteiger charge is -2.27. The summed E-state index contributed by atoms with van der Waals surface area (Å²) < 4.78 is 10.7. The number of rotatable bonds is 4. The number of nitrogens with two attached hydrogens (primary N) is 1. The summed E-state index contributed by atoms with van der Waals surface area (Å²) in [5.74, 6) is 0.939. The third kappa shape index (κ3) is 5.16. The molecule has 0 radical (unpaired) electrons. The zero-order chi connectivity index (χ0) is 12.1. The summed E-state index contributed by atoms with van der Waals surface area (Å²) in [6.45, 7) is 5.07. The number of nitrogens with zero attached hydrogens (tertiary/aromatic N) is 1. The smallest absolute Gasteiger partial charge is 0.123 e. The van der Waals surface area contributed by atoms with Crippen LogP contribution in [0, 0.1) is 0 Å². The molecule has 1 saturated heterocycles. The number of ether oxygens (including phenoxy) is 2. The van der Waals surface area contributed by atoms with E-state index in [1.807, 2.05) is 12.1 Å². The lowest BCUT2D eigenvalue weighted by molar-refractivity contribution is 0.0339. The van der Waals surface area contributed by atoms with Gasteiger partial charge in [-0.1, -0.05) is 6.07 Å². The van der Waals surface area contributed by atoms with E-state index in [1.165, 1.54) is 5.56 Å². The van der Waals surface area contributed by atoms with E-state index in [0.717, 1.165) is 44.2 Å². The van der Waals surface area contributed by atoms with Gasteiger partial charge in [0.1, 0.15) is 5.75 Å². The topological polar surface area (TPSA) is 47.7 Å². The summed E-state index contributed by atoms with van der Waals surface area (Å²) in [4.78, 5) is 2.38. The number of methoxy groups -OCH3 is 1. The second-order valence-electron chi connectivity index (χ2n) is 4.24. The maximum atomic E-state index is 5.67. The molecule has 19 heavy (non-hydrogen) atoms. The van der Waals surface area contributed by atoms with Gasteiger partial charge >= 0.3 is 0 Å². The van der Waals surface area contributed by atoms with Crippen molar-refractivity contribution in [1.82, 2.24) is 4.90 Å². The molecule has 0 spiro atoms. The van der Waals surface area contributed by atoms with Crippen LogP contribution in [0.2, 0.25) is 0 Å². The molecule has 1 aliphatic rings. The average Bonchev–Trinajstić information content (AvgIpc) is 2.40. The van der Waals surface area contributed by atoms with Crippen LogP contribution < -0.4 is 10.5 Å². The number of halogens is 2. The van der Waals surface area contributed by atoms with Gasteiger partial charge in [-0.3, -0.25) is 4.90 Å². The first kappa shape index (κ1) is 18.5. The number of benzene rings is 1. The Balaban J connectivity index is 0.00000162. The summed E-state index contributed by atoms with van der Waals surface area (Å²) in [7, 11) is 1.71. The van der Waals surface area contributed by atoms with Crippen LogP contribution in [-0.2, 0) is 17.8 Å². The van der Waals surface area contributed by atoms with Crippen molar-refractivity contribution >= 4 is 24.8 Å². The highest BCUT2D eigenvalue weighted by atomic mass is 35.5. The maximum Gasteiger partial charge on any atom is 0.123 e. The van der Waals surface area contributed by atoms with Gasteiger partial charge in [0.2, 0.25) is 0 Å². The molecule has 0 saturated carbocycles. The molecule has 110 valence electrons. The van der Waals surface area contributed by atoms with Crippen LogP contribution in [0.1, 0.15) is 11.1 Å². The SMILES string of the molecule is COc1ccc(CN)cc1CN1CCOCC1.Cl.Cl. The molecule has 6 heteroatoms. The van der Waals surface area contributed by atoms with Gasteiger partial charge < -0.3 is 15.2 Å². The van der Waals surface area contributed by atoms with Gasteiger partial charge in [0.05, 0.1) is 20.3 Å². The molecule has 1 aromatic rings. The third-order valence-corrected chi connectivity index (χ3v) is 3.08. The van der Waals surface area contributed by atoms with E-state index in [4.69, 9.17) is 15.2 Å². The molecule has 1 aromatic carbocycles. The minimum atomic E-state index is 0. The van der Waals surface area contributed by atoms with Gasteiger partial charge in [0.15, 0.2) is 0 Å². The van der Waals surface area contributed by atoms with Crippen molar-refractivity contribution in [3.05, 3.63) is 29.3 Å². The van der Waals surface area contributed by atoms with Crippen LogP contribution in [-0.4, -0.2) is 38.3 Å². The van der Waals surface area contributed by atoms with Crippen molar-refractivity contribution < 1.29 is 9.47 Å². The van der Waals surface area contributed by atoms with E-state index >= 15 is 0 Å². The zero-order valence-electron chi connectivity index (χ0n) is 11.1. The predicted molar refractivity (Wildman–Crippen MR) is 81.5 cm³/mol. The van der Waals surface area contributed by atoms with Gasteiger partial charge in [0.25, 0.3) is 0 Å². The first-order valence-corrected chi connectivity index (χ1v) is 5.99. The van der Waals surface area contributed by atoms with E-state index in [0.29, 0.717) is 6.54 Å². The summed E-state index contributed by atoms with van der Waals surface area (Å²) in [6, 6.07) is 6.15. The number of hydrogen-bond acceptors (Lipinski definition) is 4. The monoisotopic (exact) mass is 308 g/mol. The third-order valence-electron chi connectivity index (χ3n) is 3.08. The summed E-state index contributed by atoms with van der Waals surface area (Å²) in [5, 5.41) is 0. The maximum absolute atomic E-state index is 5.67. The van der Waals surface area contributed by atoms with E-state index in [1.54, 1.807) is 7.11 Å². The van der Waals surface area contributed by atoms with Crippen molar-refractivity contribution in [2.24, 2.45) is 5.73 Å². The minimum absolute atomic E-state index is 0. The van der Waals surface area contributed by atoms with Crippen molar-refractivity contribution in [3.63, 3.8) is 0 Å². The fourth-order valence-electron chi connectivity index (χ4n) is 2.08. The quantitative estimate of drug-likeness (QED) is 0.922. The Labute approximate surface area is 127 Å². The standard InChI is InChI=1S/C13H20N2O2.2ClH/c1-16-13-3-2-11(9-14)8-12(13)10-15-4-6-17-7-5-15;;/h2-3,8H,4-7,9-10,14H2,1H3;2*1H. The predicted octanol–water partition coefficient (Wildman–Crippen LogP) is 1.83. The lowest BCUT2D eigenvalue weighted by atomic mass is 10.1. The van der Waals surface area contributed by atoms with Gasteiger partial charge in [-0.2, -0.15) is 0 Å². The first-order valence-electron chi connectivity index (χ1n) is 5.99. The normalized spacial score (nSPS) is 15.3. The van der Waals surface area contributed by atoms with Gasteiger partial charge in [-0.05, 0) is 17.7 Å². The van der Waals surface area contributed by atoms with Crippen molar-refractivity contribution in [2.75, 3.05) is 33.4 Å². The number of hydrogen-bond donors (Lipinski definition) is 1. The highest BCUT2D eigenvalue weighted by Crippen LogP contribution is 2.21. The van der Waals surface area contributed by atoms with Crippen LogP contribution >= 0.6 is 24.8 Å². The van der Waals surface area contributed by atoms with E-state index in [-0.39, 0.29) is 24.8 Å². The number of morpholine rings is 1. The van der Waals surface area contributed by atoms with Crippen LogP contribution in [0.3, 0.4) is 0 Å². The lowest BCUT2D eigenvalue weighted by Crippen LogP contribution is -2.35. The Bertz CT molecular complexity index is 372. The highest BCUT2D eigenvalue weighted by molar-refractivity contribution is 5.85. The van der Waals surface area contributed by atoms with E-state index in [9.17, 15) is 0 Å². The largest absolute Gasteiger partial charge is 0.496 e. The Morgan fingerprint density at radius 2 is 1.95 bits per heavy atom. The molecule has 0 amide bonds.